The van der Waals surface area contributed by atoms with Gasteiger partial charge in [-0.15, -0.1) is 5.10 Å². The van der Waals surface area contributed by atoms with E-state index >= 15 is 0 Å². The Bertz CT molecular complexity index is 948. The predicted molar refractivity (Wildman–Crippen MR) is 103 cm³/mol. The fourth-order valence-electron chi connectivity index (χ4n) is 3.73. The average Bonchev–Trinajstić information content (AvgIpc) is 2.52. The Labute approximate surface area is 159 Å². The summed E-state index contributed by atoms with van der Waals surface area (Å²) >= 11 is 0. The molecular formula is C22H24N2O3. The van der Waals surface area contributed by atoms with Crippen LogP contribution in [0.3, 0.4) is 0 Å². The molecule has 1 N–H and O–H groups in total. The maximum atomic E-state index is 10.7. The van der Waals surface area contributed by atoms with Crippen LogP contribution in [-0.4, -0.2) is 26.9 Å². The molecule has 2 aromatic rings. The van der Waals surface area contributed by atoms with Crippen molar-refractivity contribution in [1.29, 1.82) is 0 Å². The number of carboxylic acid groups (broad SMARTS) is 1. The molecule has 1 aromatic heterocycles. The van der Waals surface area contributed by atoms with E-state index in [0.29, 0.717) is 11.4 Å². The van der Waals surface area contributed by atoms with Gasteiger partial charge in [-0.3, -0.25) is 4.79 Å². The second-order valence-electron chi connectivity index (χ2n) is 8.32. The first-order valence-corrected chi connectivity index (χ1v) is 8.96. The molecule has 3 rings (SSSR count). The maximum Gasteiger partial charge on any atom is 0.309 e. The summed E-state index contributed by atoms with van der Waals surface area (Å²) in [4.78, 5) is 10.7. The number of benzene rings is 1. The zero-order chi connectivity index (χ0) is 19.8. The van der Waals surface area contributed by atoms with E-state index in [2.05, 4.69) is 61.9 Å². The van der Waals surface area contributed by atoms with Crippen LogP contribution in [0.15, 0.2) is 24.3 Å². The Morgan fingerprint density at radius 3 is 2.56 bits per heavy atom. The first-order valence-electron chi connectivity index (χ1n) is 8.96. The van der Waals surface area contributed by atoms with E-state index in [9.17, 15) is 4.79 Å². The molecule has 1 aromatic carbocycles. The highest BCUT2D eigenvalue weighted by molar-refractivity contribution is 5.69. The number of carboxylic acids is 1. The van der Waals surface area contributed by atoms with E-state index in [1.165, 1.54) is 5.56 Å². The second kappa shape index (κ2) is 6.70. The number of hydrogen-bond acceptors (Lipinski definition) is 4. The molecule has 0 saturated heterocycles. The largest absolute Gasteiger partial charge is 0.488 e. The molecule has 0 bridgehead atoms. The molecule has 0 radical (unpaired) electrons. The van der Waals surface area contributed by atoms with Gasteiger partial charge in [0.05, 0.1) is 12.1 Å². The van der Waals surface area contributed by atoms with Crippen molar-refractivity contribution in [3.8, 4) is 17.6 Å². The van der Waals surface area contributed by atoms with Crippen molar-refractivity contribution in [3.05, 3.63) is 52.3 Å². The summed E-state index contributed by atoms with van der Waals surface area (Å²) in [5, 5.41) is 16.7. The van der Waals surface area contributed by atoms with E-state index in [1.807, 2.05) is 6.92 Å². The van der Waals surface area contributed by atoms with Crippen molar-refractivity contribution < 1.29 is 14.6 Å². The summed E-state index contributed by atoms with van der Waals surface area (Å²) < 4.78 is 6.18. The summed E-state index contributed by atoms with van der Waals surface area (Å²) in [6.45, 7) is 10.7. The number of hydrogen-bond donors (Lipinski definition) is 1. The van der Waals surface area contributed by atoms with Crippen LogP contribution in [0, 0.1) is 18.8 Å². The van der Waals surface area contributed by atoms with E-state index < -0.39 is 5.97 Å². The molecule has 27 heavy (non-hydrogen) atoms. The molecule has 0 saturated carbocycles. The molecule has 140 valence electrons. The number of nitrogens with zero attached hydrogens (tertiary/aromatic N) is 2. The second-order valence-corrected chi connectivity index (χ2v) is 8.32. The van der Waals surface area contributed by atoms with Crippen LogP contribution in [0.2, 0.25) is 0 Å². The SMILES string of the molecule is Cc1cc2c(cc1C#Cc1ccc(CC(=O)O)nn1)C(C)(C)CC(C)(C)O2. The molecule has 1 aliphatic heterocycles. The van der Waals surface area contributed by atoms with Crippen LogP contribution in [0.25, 0.3) is 0 Å². The molecule has 0 aliphatic carbocycles. The van der Waals surface area contributed by atoms with Gasteiger partial charge in [0.1, 0.15) is 17.0 Å². The number of ether oxygens (including phenoxy) is 1. The van der Waals surface area contributed by atoms with Crippen LogP contribution < -0.4 is 4.74 Å². The quantitative estimate of drug-likeness (QED) is 0.824. The monoisotopic (exact) mass is 364 g/mol. The molecule has 1 aliphatic rings. The Balaban J connectivity index is 1.92. The van der Waals surface area contributed by atoms with Crippen molar-refractivity contribution in [2.45, 2.75) is 58.5 Å². The molecule has 0 unspecified atom stereocenters. The summed E-state index contributed by atoms with van der Waals surface area (Å²) in [6.07, 6.45) is 0.787. The Kier molecular flexibility index (Phi) is 4.69. The third-order valence-electron chi connectivity index (χ3n) is 4.69. The van der Waals surface area contributed by atoms with Gasteiger partial charge in [0.15, 0.2) is 0 Å². The van der Waals surface area contributed by atoms with Crippen molar-refractivity contribution >= 4 is 5.97 Å². The van der Waals surface area contributed by atoms with Gasteiger partial charge in [-0.1, -0.05) is 19.8 Å². The first kappa shape index (κ1) is 18.9. The maximum absolute atomic E-state index is 10.7. The Morgan fingerprint density at radius 1 is 1.19 bits per heavy atom. The summed E-state index contributed by atoms with van der Waals surface area (Å²) in [7, 11) is 0. The predicted octanol–water partition coefficient (Wildman–Crippen LogP) is 3.65. The van der Waals surface area contributed by atoms with Gasteiger partial charge in [0.25, 0.3) is 0 Å². The zero-order valence-electron chi connectivity index (χ0n) is 16.4. The lowest BCUT2D eigenvalue weighted by molar-refractivity contribution is -0.136. The van der Waals surface area contributed by atoms with Crippen LogP contribution in [0.4, 0.5) is 0 Å². The normalized spacial score (nSPS) is 16.5. The minimum absolute atomic E-state index is 0.000497. The molecule has 0 amide bonds. The third-order valence-corrected chi connectivity index (χ3v) is 4.69. The number of rotatable bonds is 2. The van der Waals surface area contributed by atoms with Gasteiger partial charge in [0, 0.05) is 11.1 Å². The minimum atomic E-state index is -0.930. The molecule has 0 atom stereocenters. The number of aliphatic carboxylic acids is 1. The van der Waals surface area contributed by atoms with Gasteiger partial charge < -0.3 is 9.84 Å². The number of aryl methyl sites for hydroxylation is 1. The average molecular weight is 364 g/mol. The fraction of sp³-hybridized carbons (Fsp3) is 0.409. The van der Waals surface area contributed by atoms with Crippen molar-refractivity contribution in [3.63, 3.8) is 0 Å². The zero-order valence-corrected chi connectivity index (χ0v) is 16.4. The van der Waals surface area contributed by atoms with E-state index in [1.54, 1.807) is 12.1 Å². The molecule has 0 spiro atoms. The molecule has 5 nitrogen and oxygen atoms in total. The van der Waals surface area contributed by atoms with Gasteiger partial charge in [-0.25, -0.2) is 0 Å². The minimum Gasteiger partial charge on any atom is -0.488 e. The van der Waals surface area contributed by atoms with Crippen molar-refractivity contribution in [2.24, 2.45) is 0 Å². The molecule has 0 fully saturated rings. The van der Waals surface area contributed by atoms with Crippen LogP contribution >= 0.6 is 0 Å². The fourth-order valence-corrected chi connectivity index (χ4v) is 3.73. The third kappa shape index (κ3) is 4.28. The first-order chi connectivity index (χ1) is 12.6. The van der Waals surface area contributed by atoms with E-state index in [-0.39, 0.29) is 17.4 Å². The van der Waals surface area contributed by atoms with Crippen molar-refractivity contribution in [1.82, 2.24) is 10.2 Å². The van der Waals surface area contributed by atoms with Crippen molar-refractivity contribution in [2.75, 3.05) is 0 Å². The van der Waals surface area contributed by atoms with Gasteiger partial charge in [-0.05, 0) is 68.4 Å². The van der Waals surface area contributed by atoms with Gasteiger partial charge in [0.2, 0.25) is 0 Å². The van der Waals surface area contributed by atoms with Gasteiger partial charge >= 0.3 is 5.97 Å². The van der Waals surface area contributed by atoms with E-state index in [4.69, 9.17) is 9.84 Å². The summed E-state index contributed by atoms with van der Waals surface area (Å²) in [5.74, 6) is 6.19. The lowest BCUT2D eigenvalue weighted by Gasteiger charge is -2.42. The van der Waals surface area contributed by atoms with Crippen LogP contribution in [-0.2, 0) is 16.6 Å². The lowest BCUT2D eigenvalue weighted by Crippen LogP contribution is -2.41. The highest BCUT2D eigenvalue weighted by Gasteiger charge is 2.39. The lowest BCUT2D eigenvalue weighted by atomic mass is 9.73. The molecule has 2 heterocycles. The standard InChI is InChI=1S/C22H24N2O3/c1-14-10-19-18(21(2,3)13-22(4,5)27-19)11-15(14)6-7-16-8-9-17(24-23-16)12-20(25)26/h8-11H,12-13H2,1-5H3,(H,25,26). The molecule has 5 heteroatoms. The highest BCUT2D eigenvalue weighted by Crippen LogP contribution is 2.45. The van der Waals surface area contributed by atoms with Crippen LogP contribution in [0.5, 0.6) is 5.75 Å². The summed E-state index contributed by atoms with van der Waals surface area (Å²) in [5.41, 5.74) is 3.88. The Morgan fingerprint density at radius 2 is 1.93 bits per heavy atom. The Hall–Kier alpha value is -2.87. The van der Waals surface area contributed by atoms with E-state index in [0.717, 1.165) is 23.3 Å². The number of aromatic nitrogens is 2. The molecular weight excluding hydrogens is 340 g/mol. The number of fused-ring (bicyclic) bond motifs is 1. The summed E-state index contributed by atoms with van der Waals surface area (Å²) in [6, 6.07) is 7.51. The van der Waals surface area contributed by atoms with Crippen LogP contribution in [0.1, 0.15) is 62.2 Å². The smallest absolute Gasteiger partial charge is 0.309 e. The number of carbonyl (C=O) groups is 1. The topological polar surface area (TPSA) is 72.3 Å². The van der Waals surface area contributed by atoms with Gasteiger partial charge in [-0.2, -0.15) is 5.10 Å². The highest BCUT2D eigenvalue weighted by atomic mass is 16.5.